The lowest BCUT2D eigenvalue weighted by Gasteiger charge is -2.24. The Morgan fingerprint density at radius 3 is 1.19 bits per heavy atom. The average molecular weight is 901 g/mol. The van der Waals surface area contributed by atoms with Crippen LogP contribution in [0.5, 0.6) is 0 Å². The number of carbonyl (C=O) groups excluding carboxylic acids is 2. The van der Waals surface area contributed by atoms with Crippen LogP contribution in [0.2, 0.25) is 0 Å². The molecule has 10 heteroatoms. The number of hydrogen-bond donors (Lipinski definition) is 1. The highest BCUT2D eigenvalue weighted by Crippen LogP contribution is 2.43. The second-order valence-corrected chi connectivity index (χ2v) is 20.7. The molecule has 0 aliphatic rings. The molecule has 0 bridgehead atoms. The predicted octanol–water partition coefficient (Wildman–Crippen LogP) is 15.7. The first-order chi connectivity index (χ1) is 30.0. The van der Waals surface area contributed by atoms with Crippen LogP contribution in [0.1, 0.15) is 258 Å². The van der Waals surface area contributed by atoms with E-state index in [-0.39, 0.29) is 25.6 Å². The Balaban J connectivity index is 4.20. The molecular weight excluding hydrogens is 798 g/mol. The van der Waals surface area contributed by atoms with Crippen molar-refractivity contribution >= 4 is 19.8 Å². The van der Waals surface area contributed by atoms with Gasteiger partial charge in [-0.05, 0) is 38.5 Å². The van der Waals surface area contributed by atoms with Crippen molar-refractivity contribution in [3.8, 4) is 0 Å². The largest absolute Gasteiger partial charge is 0.472 e. The van der Waals surface area contributed by atoms with Crippen molar-refractivity contribution in [3.05, 3.63) is 12.2 Å². The third-order valence-corrected chi connectivity index (χ3v) is 12.8. The Bertz CT molecular complexity index is 1060. The first-order valence-electron chi connectivity index (χ1n) is 26.4. The minimum atomic E-state index is -4.38. The maximum absolute atomic E-state index is 12.8. The van der Waals surface area contributed by atoms with Gasteiger partial charge in [0.2, 0.25) is 0 Å². The molecule has 62 heavy (non-hydrogen) atoms. The Morgan fingerprint density at radius 1 is 0.484 bits per heavy atom. The van der Waals surface area contributed by atoms with E-state index in [1.54, 1.807) is 0 Å². The Hall–Kier alpha value is -1.25. The SMILES string of the molecule is CCCCCCCC/C=C\CCCCCCCCCCCCCC(=O)O[C@H](COC(=O)CCCCCCCCCCCCCCCCCCC)COP(=O)(O)OCC[N+](C)(C)C. The van der Waals surface area contributed by atoms with Crippen LogP contribution in [0.4, 0.5) is 0 Å². The van der Waals surface area contributed by atoms with Crippen LogP contribution in [0.15, 0.2) is 12.2 Å². The number of rotatable bonds is 49. The third-order valence-electron chi connectivity index (χ3n) is 11.8. The van der Waals surface area contributed by atoms with Crippen molar-refractivity contribution in [1.82, 2.24) is 0 Å². The molecule has 9 nitrogen and oxygen atoms in total. The van der Waals surface area contributed by atoms with Gasteiger partial charge in [-0.25, -0.2) is 4.57 Å². The van der Waals surface area contributed by atoms with E-state index in [1.165, 1.54) is 193 Å². The first-order valence-corrected chi connectivity index (χ1v) is 27.9. The highest BCUT2D eigenvalue weighted by Gasteiger charge is 2.27. The van der Waals surface area contributed by atoms with Gasteiger partial charge in [0.05, 0.1) is 27.7 Å². The van der Waals surface area contributed by atoms with Crippen molar-refractivity contribution < 1.29 is 42.1 Å². The van der Waals surface area contributed by atoms with E-state index >= 15 is 0 Å². The number of likely N-dealkylation sites (N-methyl/N-ethyl adjacent to an activating group) is 1. The molecule has 2 atom stereocenters. The number of allylic oxidation sites excluding steroid dienone is 2. The average Bonchev–Trinajstić information content (AvgIpc) is 3.23. The van der Waals surface area contributed by atoms with Gasteiger partial charge in [-0.15, -0.1) is 0 Å². The van der Waals surface area contributed by atoms with Gasteiger partial charge in [-0.3, -0.25) is 18.6 Å². The third kappa shape index (κ3) is 48.2. The van der Waals surface area contributed by atoms with E-state index in [1.807, 2.05) is 21.1 Å². The molecule has 1 unspecified atom stereocenters. The molecule has 0 fully saturated rings. The van der Waals surface area contributed by atoms with E-state index in [4.69, 9.17) is 18.5 Å². The minimum absolute atomic E-state index is 0.0353. The van der Waals surface area contributed by atoms with Gasteiger partial charge < -0.3 is 18.9 Å². The second-order valence-electron chi connectivity index (χ2n) is 19.3. The number of hydrogen-bond acceptors (Lipinski definition) is 7. The van der Waals surface area contributed by atoms with Gasteiger partial charge >= 0.3 is 19.8 Å². The highest BCUT2D eigenvalue weighted by molar-refractivity contribution is 7.47. The van der Waals surface area contributed by atoms with Crippen LogP contribution in [0, 0.1) is 0 Å². The predicted molar refractivity (Wildman–Crippen MR) is 261 cm³/mol. The molecule has 0 spiro atoms. The fraction of sp³-hybridized carbons (Fsp3) is 0.923. The topological polar surface area (TPSA) is 108 Å². The fourth-order valence-electron chi connectivity index (χ4n) is 7.66. The van der Waals surface area contributed by atoms with Gasteiger partial charge in [0.15, 0.2) is 6.10 Å². The fourth-order valence-corrected chi connectivity index (χ4v) is 8.40. The molecule has 0 aliphatic carbocycles. The summed E-state index contributed by atoms with van der Waals surface area (Å²) in [5.41, 5.74) is 0. The molecule has 0 rings (SSSR count). The summed E-state index contributed by atoms with van der Waals surface area (Å²) in [4.78, 5) is 35.6. The lowest BCUT2D eigenvalue weighted by atomic mass is 10.0. The van der Waals surface area contributed by atoms with Gasteiger partial charge in [-0.2, -0.15) is 0 Å². The van der Waals surface area contributed by atoms with Gasteiger partial charge in [0.25, 0.3) is 0 Å². The zero-order chi connectivity index (χ0) is 45.7. The van der Waals surface area contributed by atoms with Crippen LogP contribution in [-0.4, -0.2) is 74.9 Å². The Labute approximate surface area is 384 Å². The standard InChI is InChI=1S/C52H102NO8P/c1-6-8-10-12-14-16-18-20-22-24-25-26-27-29-31-33-35-37-39-41-43-45-52(55)61-50(49-60-62(56,57)59-47-46-53(3,4)5)48-58-51(54)44-42-40-38-36-34-32-30-28-23-21-19-17-15-13-11-9-7-2/h20,22,50H,6-19,21,23-49H2,1-5H3/p+1/b22-20-/t50-/m1/s1. The van der Waals surface area contributed by atoms with E-state index in [2.05, 4.69) is 26.0 Å². The number of nitrogens with zero attached hydrogens (tertiary/aromatic N) is 1. The molecule has 0 saturated carbocycles. The minimum Gasteiger partial charge on any atom is -0.462 e. The number of carbonyl (C=O) groups is 2. The van der Waals surface area contributed by atoms with Crippen LogP contribution in [-0.2, 0) is 32.7 Å². The highest BCUT2D eigenvalue weighted by atomic mass is 31.2. The Kier molecular flexibility index (Phi) is 44.0. The number of quaternary nitrogens is 1. The normalized spacial score (nSPS) is 13.5. The zero-order valence-electron chi connectivity index (χ0n) is 41.6. The van der Waals surface area contributed by atoms with Crippen molar-refractivity contribution in [2.75, 3.05) is 47.5 Å². The summed E-state index contributed by atoms with van der Waals surface area (Å²) in [6, 6.07) is 0. The van der Waals surface area contributed by atoms with Crippen molar-refractivity contribution in [2.45, 2.75) is 264 Å². The number of unbranched alkanes of at least 4 members (excludes halogenated alkanes) is 33. The lowest BCUT2D eigenvalue weighted by molar-refractivity contribution is -0.870. The maximum Gasteiger partial charge on any atom is 0.472 e. The molecule has 0 heterocycles. The number of phosphoric ester groups is 1. The summed E-state index contributed by atoms with van der Waals surface area (Å²) in [6.07, 6.45) is 49.7. The van der Waals surface area contributed by atoms with E-state index in [9.17, 15) is 19.0 Å². The molecular formula is C52H103NO8P+. The first kappa shape index (κ1) is 60.8. The van der Waals surface area contributed by atoms with E-state index in [0.29, 0.717) is 23.9 Å². The molecule has 368 valence electrons. The number of phosphoric acid groups is 1. The lowest BCUT2D eigenvalue weighted by Crippen LogP contribution is -2.37. The van der Waals surface area contributed by atoms with Gasteiger partial charge in [0.1, 0.15) is 19.8 Å². The number of ether oxygens (including phenoxy) is 2. The van der Waals surface area contributed by atoms with Gasteiger partial charge in [-0.1, -0.05) is 219 Å². The summed E-state index contributed by atoms with van der Waals surface area (Å²) in [5, 5.41) is 0. The van der Waals surface area contributed by atoms with Crippen LogP contribution in [0.25, 0.3) is 0 Å². The van der Waals surface area contributed by atoms with Crippen LogP contribution < -0.4 is 0 Å². The van der Waals surface area contributed by atoms with E-state index in [0.717, 1.165) is 32.1 Å². The number of esters is 2. The van der Waals surface area contributed by atoms with E-state index < -0.39 is 26.5 Å². The molecule has 0 aromatic carbocycles. The van der Waals surface area contributed by atoms with Crippen molar-refractivity contribution in [2.24, 2.45) is 0 Å². The molecule has 0 radical (unpaired) electrons. The summed E-state index contributed by atoms with van der Waals surface area (Å²) in [7, 11) is 1.49. The Morgan fingerprint density at radius 2 is 0.823 bits per heavy atom. The van der Waals surface area contributed by atoms with Crippen molar-refractivity contribution in [1.29, 1.82) is 0 Å². The quantitative estimate of drug-likeness (QED) is 0.0211. The molecule has 1 N–H and O–H groups in total. The molecule has 0 aromatic rings. The van der Waals surface area contributed by atoms with Crippen molar-refractivity contribution in [3.63, 3.8) is 0 Å². The molecule has 0 aliphatic heterocycles. The smallest absolute Gasteiger partial charge is 0.462 e. The summed E-state index contributed by atoms with van der Waals surface area (Å²) in [6.45, 7) is 4.47. The zero-order valence-corrected chi connectivity index (χ0v) is 42.5. The monoisotopic (exact) mass is 901 g/mol. The van der Waals surface area contributed by atoms with Crippen LogP contribution >= 0.6 is 7.82 Å². The summed E-state index contributed by atoms with van der Waals surface area (Å²) < 4.78 is 34.5. The summed E-state index contributed by atoms with van der Waals surface area (Å²) in [5.74, 6) is -0.782. The second kappa shape index (κ2) is 44.9. The van der Waals surface area contributed by atoms with Crippen LogP contribution in [0.3, 0.4) is 0 Å². The maximum atomic E-state index is 12.8. The summed E-state index contributed by atoms with van der Waals surface area (Å²) >= 11 is 0. The molecule has 0 aromatic heterocycles. The molecule has 0 amide bonds. The van der Waals surface area contributed by atoms with Gasteiger partial charge in [0, 0.05) is 12.8 Å². The molecule has 0 saturated heterocycles.